The van der Waals surface area contributed by atoms with Gasteiger partial charge in [-0.3, -0.25) is 0 Å². The smallest absolute Gasteiger partial charge is 0.00446 e. The fraction of sp³-hybridized carbons (Fsp3) is 1.00. The summed E-state index contributed by atoms with van der Waals surface area (Å²) in [6.45, 7) is 4.66. The maximum Gasteiger partial charge on any atom is 0.00446 e. The van der Waals surface area contributed by atoms with Crippen LogP contribution in [-0.4, -0.2) is 11.0 Å². The summed E-state index contributed by atoms with van der Waals surface area (Å²) in [6, 6.07) is 0. The van der Waals surface area contributed by atoms with Gasteiger partial charge in [-0.15, -0.1) is 0 Å². The van der Waals surface area contributed by atoms with Crippen LogP contribution in [-0.2, 0) is 0 Å². The first-order chi connectivity index (χ1) is 3.30. The van der Waals surface area contributed by atoms with E-state index >= 15 is 0 Å². The van der Waals surface area contributed by atoms with Gasteiger partial charge in [-0.05, 0) is 18.1 Å². The molecule has 1 fully saturated rings. The molecule has 0 nitrogen and oxygen atoms in total. The topological polar surface area (TPSA) is 0 Å². The molecular formula is C6H12S. The summed E-state index contributed by atoms with van der Waals surface area (Å²) in [5.41, 5.74) is 0. The molecule has 0 aromatic carbocycles. The van der Waals surface area contributed by atoms with E-state index in [1.54, 1.807) is 0 Å². The maximum atomic E-state index is 2.34. The third kappa shape index (κ3) is 1.12. The van der Waals surface area contributed by atoms with E-state index in [-0.39, 0.29) is 0 Å². The third-order valence-corrected chi connectivity index (χ3v) is 3.22. The highest BCUT2D eigenvalue weighted by atomic mass is 32.2. The lowest BCUT2D eigenvalue weighted by Gasteiger charge is -2.04. The predicted octanol–water partition coefficient (Wildman–Crippen LogP) is 2.15. The van der Waals surface area contributed by atoms with Crippen molar-refractivity contribution in [3.05, 3.63) is 0 Å². The monoisotopic (exact) mass is 116 g/mol. The Morgan fingerprint density at radius 2 is 2.14 bits per heavy atom. The average Bonchev–Trinajstić information content (AvgIpc) is 1.91. The van der Waals surface area contributed by atoms with Gasteiger partial charge in [0.25, 0.3) is 0 Å². The van der Waals surface area contributed by atoms with Crippen molar-refractivity contribution < 1.29 is 0 Å². The number of thioether (sulfide) groups is 1. The second-order valence-corrected chi connectivity index (χ2v) is 3.83. The minimum Gasteiger partial charge on any atom is -0.159 e. The fourth-order valence-electron chi connectivity index (χ4n) is 0.839. The summed E-state index contributed by atoms with van der Waals surface area (Å²) >= 11 is 2.11. The van der Waals surface area contributed by atoms with Crippen molar-refractivity contribution in [1.29, 1.82) is 0 Å². The Kier molecular flexibility index (Phi) is 1.63. The molecule has 0 aliphatic carbocycles. The highest BCUT2D eigenvalue weighted by molar-refractivity contribution is 8.00. The summed E-state index contributed by atoms with van der Waals surface area (Å²) in [5, 5.41) is 0.931. The summed E-state index contributed by atoms with van der Waals surface area (Å²) in [4.78, 5) is 0. The second-order valence-electron chi connectivity index (χ2n) is 2.34. The second kappa shape index (κ2) is 2.08. The molecule has 1 aliphatic rings. The fourth-order valence-corrected chi connectivity index (χ4v) is 2.18. The Balaban J connectivity index is 2.33. The van der Waals surface area contributed by atoms with Crippen LogP contribution in [0.25, 0.3) is 0 Å². The van der Waals surface area contributed by atoms with E-state index in [0.717, 1.165) is 11.2 Å². The minimum absolute atomic E-state index is 0.931. The Morgan fingerprint density at radius 3 is 2.29 bits per heavy atom. The molecule has 0 bridgehead atoms. The van der Waals surface area contributed by atoms with Crippen LogP contribution >= 0.6 is 11.8 Å². The largest absolute Gasteiger partial charge is 0.159 e. The van der Waals surface area contributed by atoms with Crippen molar-refractivity contribution >= 4 is 11.8 Å². The molecule has 1 heterocycles. The van der Waals surface area contributed by atoms with Gasteiger partial charge in [-0.2, -0.15) is 11.8 Å². The van der Waals surface area contributed by atoms with Gasteiger partial charge in [0.15, 0.2) is 0 Å². The molecule has 1 rings (SSSR count). The van der Waals surface area contributed by atoms with E-state index in [2.05, 4.69) is 25.6 Å². The Morgan fingerprint density at radius 1 is 1.43 bits per heavy atom. The van der Waals surface area contributed by atoms with Crippen molar-refractivity contribution in [2.75, 3.05) is 5.75 Å². The van der Waals surface area contributed by atoms with Gasteiger partial charge in [0.2, 0.25) is 0 Å². The van der Waals surface area contributed by atoms with Crippen LogP contribution in [0.5, 0.6) is 0 Å². The molecule has 2 atom stereocenters. The van der Waals surface area contributed by atoms with Crippen molar-refractivity contribution in [1.82, 2.24) is 0 Å². The number of rotatable bonds is 0. The lowest BCUT2D eigenvalue weighted by molar-refractivity contribution is 0.590. The first kappa shape index (κ1) is 5.49. The van der Waals surface area contributed by atoms with E-state index < -0.39 is 0 Å². The quantitative estimate of drug-likeness (QED) is 0.467. The average molecular weight is 116 g/mol. The van der Waals surface area contributed by atoms with E-state index in [1.807, 2.05) is 0 Å². The van der Waals surface area contributed by atoms with Crippen LogP contribution in [0.3, 0.4) is 0 Å². The zero-order chi connectivity index (χ0) is 5.28. The van der Waals surface area contributed by atoms with Crippen molar-refractivity contribution in [3.63, 3.8) is 0 Å². The minimum atomic E-state index is 0.931. The molecule has 0 amide bonds. The third-order valence-electron chi connectivity index (χ3n) is 1.76. The standard InChI is InChI=1S/C6H12S/c1-5-3-4-7-6(5)2/h5-6H,3-4H2,1-2H3/t5-,6+/m1/s1. The summed E-state index contributed by atoms with van der Waals surface area (Å²) < 4.78 is 0. The Bertz CT molecular complexity index is 53.2. The summed E-state index contributed by atoms with van der Waals surface area (Å²) in [6.07, 6.45) is 1.44. The molecule has 1 heteroatoms. The maximum absolute atomic E-state index is 2.34. The lowest BCUT2D eigenvalue weighted by Crippen LogP contribution is -2.00. The number of hydrogen-bond donors (Lipinski definition) is 0. The van der Waals surface area contributed by atoms with E-state index in [9.17, 15) is 0 Å². The molecule has 0 spiro atoms. The molecule has 0 saturated carbocycles. The van der Waals surface area contributed by atoms with Crippen molar-refractivity contribution in [2.24, 2.45) is 5.92 Å². The first-order valence-electron chi connectivity index (χ1n) is 2.92. The van der Waals surface area contributed by atoms with Gasteiger partial charge in [0, 0.05) is 5.25 Å². The molecule has 0 radical (unpaired) electrons. The van der Waals surface area contributed by atoms with Crippen molar-refractivity contribution in [2.45, 2.75) is 25.5 Å². The van der Waals surface area contributed by atoms with Gasteiger partial charge >= 0.3 is 0 Å². The van der Waals surface area contributed by atoms with Crippen LogP contribution in [0.4, 0.5) is 0 Å². The van der Waals surface area contributed by atoms with Gasteiger partial charge in [0.05, 0.1) is 0 Å². The molecule has 0 unspecified atom stereocenters. The first-order valence-corrected chi connectivity index (χ1v) is 3.97. The molecular weight excluding hydrogens is 104 g/mol. The molecule has 0 aromatic rings. The molecule has 0 aromatic heterocycles. The molecule has 1 aliphatic heterocycles. The molecule has 1 saturated heterocycles. The van der Waals surface area contributed by atoms with Crippen LogP contribution in [0.2, 0.25) is 0 Å². The van der Waals surface area contributed by atoms with Crippen molar-refractivity contribution in [3.8, 4) is 0 Å². The molecule has 0 N–H and O–H groups in total. The lowest BCUT2D eigenvalue weighted by atomic mass is 10.1. The van der Waals surface area contributed by atoms with Gasteiger partial charge in [0.1, 0.15) is 0 Å². The van der Waals surface area contributed by atoms with Crippen LogP contribution in [0.1, 0.15) is 20.3 Å². The van der Waals surface area contributed by atoms with Crippen LogP contribution in [0, 0.1) is 5.92 Å². The Labute approximate surface area is 49.7 Å². The normalized spacial score (nSPS) is 42.0. The van der Waals surface area contributed by atoms with E-state index in [1.165, 1.54) is 12.2 Å². The van der Waals surface area contributed by atoms with Crippen LogP contribution < -0.4 is 0 Å². The van der Waals surface area contributed by atoms with Gasteiger partial charge in [-0.1, -0.05) is 13.8 Å². The van der Waals surface area contributed by atoms with E-state index in [0.29, 0.717) is 0 Å². The molecule has 42 valence electrons. The summed E-state index contributed by atoms with van der Waals surface area (Å²) in [7, 11) is 0. The van der Waals surface area contributed by atoms with E-state index in [4.69, 9.17) is 0 Å². The zero-order valence-corrected chi connectivity index (χ0v) is 5.79. The van der Waals surface area contributed by atoms with Gasteiger partial charge in [-0.25, -0.2) is 0 Å². The zero-order valence-electron chi connectivity index (χ0n) is 4.98. The SMILES string of the molecule is C[C@@H]1CCS[C@H]1C. The Hall–Kier alpha value is 0.350. The highest BCUT2D eigenvalue weighted by Gasteiger charge is 2.18. The molecule has 7 heavy (non-hydrogen) atoms. The summed E-state index contributed by atoms with van der Waals surface area (Å²) in [5.74, 6) is 2.37. The predicted molar refractivity (Wildman–Crippen MR) is 35.7 cm³/mol. The highest BCUT2D eigenvalue weighted by Crippen LogP contribution is 2.30. The van der Waals surface area contributed by atoms with Gasteiger partial charge < -0.3 is 0 Å². The van der Waals surface area contributed by atoms with Crippen LogP contribution in [0.15, 0.2) is 0 Å². The number of hydrogen-bond acceptors (Lipinski definition) is 1.